The zero-order chi connectivity index (χ0) is 38.4. The molecular weight excluding hydrogens is 689 g/mol. The fourth-order valence-electron chi connectivity index (χ4n) is 8.92. The van der Waals surface area contributed by atoms with E-state index >= 15 is 0 Å². The van der Waals surface area contributed by atoms with Crippen LogP contribution >= 0.6 is 0 Å². The Morgan fingerprint density at radius 3 is 2.21 bits per heavy atom. The number of aliphatic imine (C=N–C) groups is 1. The topological polar surface area (TPSA) is 59.8 Å². The summed E-state index contributed by atoms with van der Waals surface area (Å²) in [6, 6.07) is 42.4. The molecule has 0 spiro atoms. The third-order valence-corrected chi connectivity index (χ3v) is 12.0. The van der Waals surface area contributed by atoms with E-state index in [0.29, 0.717) is 17.6 Å². The van der Waals surface area contributed by atoms with E-state index in [1.807, 2.05) is 30.6 Å². The SMILES string of the molecule is CC(C)(C)c1ccnc(N2c3ccccc3C(C)(C)c3ccc(Oc4cc(C5=N[C@H](C6CCCCC6)[C@@H](c6ccccc6)O5)cc(-c5ccccn5)c4)cc32)c1. The van der Waals surface area contributed by atoms with Gasteiger partial charge in [-0.2, -0.15) is 0 Å². The minimum Gasteiger partial charge on any atom is -0.467 e. The maximum atomic E-state index is 6.89. The Morgan fingerprint density at radius 1 is 0.679 bits per heavy atom. The molecule has 0 saturated heterocycles. The first-order chi connectivity index (χ1) is 27.1. The first-order valence-corrected chi connectivity index (χ1v) is 20.2. The van der Waals surface area contributed by atoms with Crippen molar-refractivity contribution < 1.29 is 9.47 Å². The van der Waals surface area contributed by atoms with Crippen LogP contribution in [0.15, 0.2) is 139 Å². The fraction of sp³-hybridized carbons (Fsp3) is 0.300. The maximum absolute atomic E-state index is 6.89. The lowest BCUT2D eigenvalue weighted by Gasteiger charge is -2.41. The molecule has 9 rings (SSSR count). The van der Waals surface area contributed by atoms with Crippen molar-refractivity contribution in [3.05, 3.63) is 162 Å². The highest BCUT2D eigenvalue weighted by Crippen LogP contribution is 2.53. The average Bonchev–Trinajstić information content (AvgIpc) is 3.68. The molecule has 0 amide bonds. The summed E-state index contributed by atoms with van der Waals surface area (Å²) in [5.41, 5.74) is 9.48. The Hall–Kier alpha value is -5.75. The van der Waals surface area contributed by atoms with Crippen LogP contribution in [0.4, 0.5) is 17.2 Å². The molecule has 4 aromatic carbocycles. The van der Waals surface area contributed by atoms with Gasteiger partial charge >= 0.3 is 0 Å². The number of nitrogens with zero attached hydrogens (tertiary/aromatic N) is 4. The Morgan fingerprint density at radius 2 is 1.43 bits per heavy atom. The molecule has 2 aromatic heterocycles. The molecule has 56 heavy (non-hydrogen) atoms. The molecule has 1 fully saturated rings. The molecule has 0 N–H and O–H groups in total. The monoisotopic (exact) mass is 738 g/mol. The third-order valence-electron chi connectivity index (χ3n) is 12.0. The van der Waals surface area contributed by atoms with Crippen LogP contribution in [0.5, 0.6) is 11.5 Å². The smallest absolute Gasteiger partial charge is 0.217 e. The van der Waals surface area contributed by atoms with Gasteiger partial charge in [-0.05, 0) is 101 Å². The number of pyridine rings is 2. The van der Waals surface area contributed by atoms with Gasteiger partial charge < -0.3 is 9.47 Å². The molecule has 4 heterocycles. The molecule has 2 atom stereocenters. The number of para-hydroxylation sites is 1. The van der Waals surface area contributed by atoms with Gasteiger partial charge in [-0.3, -0.25) is 9.88 Å². The van der Waals surface area contributed by atoms with Crippen molar-refractivity contribution in [2.24, 2.45) is 10.9 Å². The van der Waals surface area contributed by atoms with Crippen molar-refractivity contribution in [1.82, 2.24) is 9.97 Å². The first kappa shape index (κ1) is 35.9. The summed E-state index contributed by atoms with van der Waals surface area (Å²) in [6.45, 7) is 11.3. The number of hydrogen-bond donors (Lipinski definition) is 0. The average molecular weight is 739 g/mol. The van der Waals surface area contributed by atoms with Crippen molar-refractivity contribution in [2.45, 2.75) is 89.7 Å². The standard InChI is InChI=1S/C50H50N4O2/c1-49(2,3)37-25-27-52-45(31-37)54-43-22-13-12-20-40(43)50(4,5)41-24-23-38(32-44(41)54)55-39-29-35(42-21-14-15-26-51-42)28-36(30-39)48-53-46(33-16-8-6-9-17-33)47(56-48)34-18-10-7-11-19-34/h7,10-15,18-33,46-47H,6,8-9,16-17H2,1-5H3/t46-,47-/m1/s1. The van der Waals surface area contributed by atoms with Crippen LogP contribution in [0.25, 0.3) is 11.3 Å². The number of fused-ring (bicyclic) bond motifs is 2. The van der Waals surface area contributed by atoms with Crippen LogP contribution in [0, 0.1) is 5.92 Å². The van der Waals surface area contributed by atoms with Crippen molar-refractivity contribution in [3.63, 3.8) is 0 Å². The van der Waals surface area contributed by atoms with Crippen LogP contribution in [0.1, 0.15) is 101 Å². The molecule has 1 aliphatic carbocycles. The molecular formula is C50H50N4O2. The zero-order valence-corrected chi connectivity index (χ0v) is 33.1. The highest BCUT2D eigenvalue weighted by Gasteiger charge is 2.40. The highest BCUT2D eigenvalue weighted by molar-refractivity contribution is 5.97. The lowest BCUT2D eigenvalue weighted by molar-refractivity contribution is 0.150. The summed E-state index contributed by atoms with van der Waals surface area (Å²) in [5.74, 6) is 3.47. The van der Waals surface area contributed by atoms with Crippen LogP contribution in [-0.4, -0.2) is 21.9 Å². The van der Waals surface area contributed by atoms with Crippen molar-refractivity contribution in [3.8, 4) is 22.8 Å². The summed E-state index contributed by atoms with van der Waals surface area (Å²) in [5, 5.41) is 0. The molecule has 1 saturated carbocycles. The van der Waals surface area contributed by atoms with Gasteiger partial charge in [0, 0.05) is 35.0 Å². The second kappa shape index (κ2) is 14.4. The van der Waals surface area contributed by atoms with E-state index in [-0.39, 0.29) is 23.0 Å². The number of rotatable bonds is 7. The molecule has 0 radical (unpaired) electrons. The normalized spacial score (nSPS) is 19.1. The Kier molecular flexibility index (Phi) is 9.23. The van der Waals surface area contributed by atoms with Gasteiger partial charge in [-0.25, -0.2) is 9.98 Å². The predicted octanol–water partition coefficient (Wildman–Crippen LogP) is 12.8. The lowest BCUT2D eigenvalue weighted by Crippen LogP contribution is -2.31. The molecule has 3 aliphatic rings. The van der Waals surface area contributed by atoms with Gasteiger partial charge in [0.05, 0.1) is 23.1 Å². The van der Waals surface area contributed by atoms with E-state index in [4.69, 9.17) is 24.4 Å². The summed E-state index contributed by atoms with van der Waals surface area (Å²) in [4.78, 5) is 17.4. The second-order valence-electron chi connectivity index (χ2n) is 17.1. The predicted molar refractivity (Wildman–Crippen MR) is 227 cm³/mol. The molecule has 282 valence electrons. The second-order valence-corrected chi connectivity index (χ2v) is 17.1. The molecule has 2 aliphatic heterocycles. The minimum atomic E-state index is -0.239. The quantitative estimate of drug-likeness (QED) is 0.163. The number of hydrogen-bond acceptors (Lipinski definition) is 6. The maximum Gasteiger partial charge on any atom is 0.217 e. The van der Waals surface area contributed by atoms with E-state index in [9.17, 15) is 0 Å². The van der Waals surface area contributed by atoms with Gasteiger partial charge in [0.2, 0.25) is 5.90 Å². The van der Waals surface area contributed by atoms with Crippen molar-refractivity contribution >= 4 is 23.1 Å². The molecule has 6 aromatic rings. The summed E-state index contributed by atoms with van der Waals surface area (Å²) in [6.07, 6.45) is 9.80. The van der Waals surface area contributed by atoms with Gasteiger partial charge in [0.1, 0.15) is 23.4 Å². The van der Waals surface area contributed by atoms with Gasteiger partial charge in [-0.15, -0.1) is 0 Å². The van der Waals surface area contributed by atoms with E-state index in [1.165, 1.54) is 54.4 Å². The van der Waals surface area contributed by atoms with Gasteiger partial charge in [0.25, 0.3) is 0 Å². The van der Waals surface area contributed by atoms with E-state index in [0.717, 1.165) is 39.8 Å². The zero-order valence-electron chi connectivity index (χ0n) is 33.1. The third kappa shape index (κ3) is 6.76. The van der Waals surface area contributed by atoms with E-state index in [2.05, 4.69) is 143 Å². The first-order valence-electron chi connectivity index (χ1n) is 20.2. The summed E-state index contributed by atoms with van der Waals surface area (Å²) >= 11 is 0. The van der Waals surface area contributed by atoms with Crippen LogP contribution in [0.2, 0.25) is 0 Å². The molecule has 6 heteroatoms. The van der Waals surface area contributed by atoms with Crippen LogP contribution in [0.3, 0.4) is 0 Å². The number of anilines is 3. The summed E-state index contributed by atoms with van der Waals surface area (Å²) < 4.78 is 13.8. The largest absolute Gasteiger partial charge is 0.467 e. The lowest BCUT2D eigenvalue weighted by atomic mass is 9.73. The number of aromatic nitrogens is 2. The number of benzene rings is 4. The van der Waals surface area contributed by atoms with Crippen molar-refractivity contribution in [2.75, 3.05) is 4.90 Å². The van der Waals surface area contributed by atoms with E-state index < -0.39 is 0 Å². The Labute approximate surface area is 331 Å². The van der Waals surface area contributed by atoms with Gasteiger partial charge in [-0.1, -0.05) is 115 Å². The van der Waals surface area contributed by atoms with Crippen molar-refractivity contribution in [1.29, 1.82) is 0 Å². The molecule has 0 bridgehead atoms. The fourth-order valence-corrected chi connectivity index (χ4v) is 8.92. The summed E-state index contributed by atoms with van der Waals surface area (Å²) in [7, 11) is 0. The van der Waals surface area contributed by atoms with Gasteiger partial charge in [0.15, 0.2) is 0 Å². The Bertz CT molecular complexity index is 2390. The van der Waals surface area contributed by atoms with Crippen LogP contribution < -0.4 is 9.64 Å². The minimum absolute atomic E-state index is 0.0265. The molecule has 6 nitrogen and oxygen atoms in total. The Balaban J connectivity index is 1.13. The molecule has 0 unspecified atom stereocenters. The number of ether oxygens (including phenoxy) is 2. The van der Waals surface area contributed by atoms with E-state index in [1.54, 1.807) is 0 Å². The highest BCUT2D eigenvalue weighted by atomic mass is 16.5. The van der Waals surface area contributed by atoms with Crippen LogP contribution in [-0.2, 0) is 15.6 Å².